The van der Waals surface area contributed by atoms with Gasteiger partial charge in [-0.05, 0) is 18.1 Å². The predicted molar refractivity (Wildman–Crippen MR) is 81.1 cm³/mol. The maximum atomic E-state index is 13.8. The quantitative estimate of drug-likeness (QED) is 0.922. The van der Waals surface area contributed by atoms with Crippen LogP contribution in [0.25, 0.3) is 0 Å². The molecule has 2 aromatic rings. The molecule has 6 heteroatoms. The first-order valence-corrected chi connectivity index (χ1v) is 6.76. The van der Waals surface area contributed by atoms with Crippen LogP contribution in [-0.4, -0.2) is 25.1 Å². The first kappa shape index (κ1) is 15.8. The second-order valence-corrected chi connectivity index (χ2v) is 4.53. The van der Waals surface area contributed by atoms with Gasteiger partial charge in [0.1, 0.15) is 5.75 Å². The average molecular weight is 304 g/mol. The highest BCUT2D eigenvalue weighted by atomic mass is 19.1. The van der Waals surface area contributed by atoms with E-state index in [1.165, 1.54) is 26.4 Å². The van der Waals surface area contributed by atoms with E-state index in [4.69, 9.17) is 9.47 Å². The van der Waals surface area contributed by atoms with Crippen molar-refractivity contribution in [3.05, 3.63) is 47.5 Å². The van der Waals surface area contributed by atoms with Gasteiger partial charge in [-0.25, -0.2) is 4.39 Å². The lowest BCUT2D eigenvalue weighted by Gasteiger charge is -2.13. The molecule has 0 unspecified atom stereocenters. The number of aromatic nitrogens is 1. The molecule has 22 heavy (non-hydrogen) atoms. The average Bonchev–Trinajstić information content (AvgIpc) is 2.55. The molecule has 1 N–H and O–H groups in total. The minimum absolute atomic E-state index is 0.0491. The smallest absolute Gasteiger partial charge is 0.256 e. The summed E-state index contributed by atoms with van der Waals surface area (Å²) in [4.78, 5) is 16.4. The molecule has 0 aliphatic carbocycles. The van der Waals surface area contributed by atoms with Gasteiger partial charge in [-0.3, -0.25) is 9.78 Å². The Labute approximate surface area is 128 Å². The summed E-state index contributed by atoms with van der Waals surface area (Å²) in [5.41, 5.74) is 1.55. The van der Waals surface area contributed by atoms with Crippen LogP contribution in [0.4, 0.5) is 10.1 Å². The lowest BCUT2D eigenvalue weighted by atomic mass is 10.1. The highest BCUT2D eigenvalue weighted by Crippen LogP contribution is 2.32. The number of hydrogen-bond donors (Lipinski definition) is 1. The summed E-state index contributed by atoms with van der Waals surface area (Å²) >= 11 is 0. The predicted octanol–water partition coefficient (Wildman–Crippen LogP) is 3.05. The lowest BCUT2D eigenvalue weighted by molar-refractivity contribution is 0.102. The minimum atomic E-state index is -0.580. The number of aryl methyl sites for hydroxylation is 1. The van der Waals surface area contributed by atoms with Crippen LogP contribution in [0.5, 0.6) is 11.5 Å². The third-order valence-corrected chi connectivity index (χ3v) is 3.25. The van der Waals surface area contributed by atoms with E-state index >= 15 is 0 Å². The fourth-order valence-corrected chi connectivity index (χ4v) is 2.08. The zero-order valence-electron chi connectivity index (χ0n) is 12.6. The maximum absolute atomic E-state index is 13.8. The molecule has 0 fully saturated rings. The molecule has 0 radical (unpaired) electrons. The number of hydrogen-bond acceptors (Lipinski definition) is 4. The highest BCUT2D eigenvalue weighted by molar-refractivity contribution is 6.06. The number of methoxy groups -OCH3 is 2. The van der Waals surface area contributed by atoms with Gasteiger partial charge in [0.05, 0.1) is 19.9 Å². The topological polar surface area (TPSA) is 60.5 Å². The maximum Gasteiger partial charge on any atom is 0.256 e. The third kappa shape index (κ3) is 3.16. The van der Waals surface area contributed by atoms with Crippen molar-refractivity contribution in [2.24, 2.45) is 0 Å². The van der Waals surface area contributed by atoms with E-state index in [-0.39, 0.29) is 17.3 Å². The Morgan fingerprint density at radius 2 is 2.00 bits per heavy atom. The Balaban J connectivity index is 2.34. The Morgan fingerprint density at radius 1 is 1.27 bits per heavy atom. The van der Waals surface area contributed by atoms with Crippen LogP contribution in [0.15, 0.2) is 30.6 Å². The molecular weight excluding hydrogens is 287 g/mol. The molecule has 0 bridgehead atoms. The number of amides is 1. The Bertz CT molecular complexity index is 689. The summed E-state index contributed by atoms with van der Waals surface area (Å²) < 4.78 is 23.9. The Morgan fingerprint density at radius 3 is 2.64 bits per heavy atom. The lowest BCUT2D eigenvalue weighted by Crippen LogP contribution is -2.15. The van der Waals surface area contributed by atoms with Crippen LogP contribution < -0.4 is 14.8 Å². The van der Waals surface area contributed by atoms with Gasteiger partial charge in [-0.15, -0.1) is 0 Å². The number of anilines is 1. The van der Waals surface area contributed by atoms with Crippen molar-refractivity contribution in [2.45, 2.75) is 13.3 Å². The van der Waals surface area contributed by atoms with Crippen LogP contribution >= 0.6 is 0 Å². The molecule has 0 saturated carbocycles. The summed E-state index contributed by atoms with van der Waals surface area (Å²) in [7, 11) is 2.80. The van der Waals surface area contributed by atoms with Gasteiger partial charge in [-0.1, -0.05) is 6.92 Å². The van der Waals surface area contributed by atoms with Gasteiger partial charge < -0.3 is 14.8 Å². The summed E-state index contributed by atoms with van der Waals surface area (Å²) in [5.74, 6) is -0.558. The van der Waals surface area contributed by atoms with Crippen LogP contribution in [0, 0.1) is 5.82 Å². The van der Waals surface area contributed by atoms with E-state index in [9.17, 15) is 9.18 Å². The van der Waals surface area contributed by atoms with Crippen LogP contribution in [0.2, 0.25) is 0 Å². The molecule has 0 spiro atoms. The molecule has 5 nitrogen and oxygen atoms in total. The number of benzene rings is 1. The van der Waals surface area contributed by atoms with Gasteiger partial charge in [0.2, 0.25) is 0 Å². The standard InChI is InChI=1S/C16H17FN2O3/c1-4-10-9-18-6-5-11(10)16(20)19-13-7-12(17)14(21-2)8-15(13)22-3/h5-9H,4H2,1-3H3,(H,19,20). The summed E-state index contributed by atoms with van der Waals surface area (Å²) in [5, 5.41) is 2.66. The van der Waals surface area contributed by atoms with Crippen molar-refractivity contribution in [1.82, 2.24) is 4.98 Å². The minimum Gasteiger partial charge on any atom is -0.494 e. The Kier molecular flexibility index (Phi) is 4.93. The monoisotopic (exact) mass is 304 g/mol. The van der Waals surface area contributed by atoms with Crippen molar-refractivity contribution in [3.63, 3.8) is 0 Å². The number of carbonyl (C=O) groups excluding carboxylic acids is 1. The van der Waals surface area contributed by atoms with Crippen molar-refractivity contribution >= 4 is 11.6 Å². The van der Waals surface area contributed by atoms with Crippen molar-refractivity contribution in [1.29, 1.82) is 0 Å². The van der Waals surface area contributed by atoms with E-state index in [2.05, 4.69) is 10.3 Å². The molecule has 0 saturated heterocycles. The number of halogens is 1. The third-order valence-electron chi connectivity index (χ3n) is 3.25. The normalized spacial score (nSPS) is 10.2. The zero-order valence-corrected chi connectivity index (χ0v) is 12.6. The summed E-state index contributed by atoms with van der Waals surface area (Å²) in [6, 6.07) is 4.18. The number of pyridine rings is 1. The molecule has 1 heterocycles. The van der Waals surface area contributed by atoms with E-state index in [1.54, 1.807) is 18.5 Å². The molecular formula is C16H17FN2O3. The van der Waals surface area contributed by atoms with Gasteiger partial charge in [0.25, 0.3) is 5.91 Å². The molecule has 1 aromatic heterocycles. The van der Waals surface area contributed by atoms with E-state index in [0.717, 1.165) is 5.56 Å². The van der Waals surface area contributed by atoms with E-state index in [1.807, 2.05) is 6.92 Å². The number of ether oxygens (including phenoxy) is 2. The molecule has 116 valence electrons. The van der Waals surface area contributed by atoms with Crippen LogP contribution in [0.3, 0.4) is 0 Å². The summed E-state index contributed by atoms with van der Waals surface area (Å²) in [6.45, 7) is 1.93. The molecule has 0 atom stereocenters. The molecule has 1 amide bonds. The van der Waals surface area contributed by atoms with Crippen molar-refractivity contribution < 1.29 is 18.7 Å². The fourth-order valence-electron chi connectivity index (χ4n) is 2.08. The molecule has 2 rings (SSSR count). The number of rotatable bonds is 5. The first-order valence-electron chi connectivity index (χ1n) is 6.76. The van der Waals surface area contributed by atoms with Gasteiger partial charge >= 0.3 is 0 Å². The SMILES string of the molecule is CCc1cnccc1C(=O)Nc1cc(F)c(OC)cc1OC. The molecule has 0 aliphatic heterocycles. The second-order valence-electron chi connectivity index (χ2n) is 4.53. The molecule has 1 aromatic carbocycles. The second kappa shape index (κ2) is 6.89. The van der Waals surface area contributed by atoms with Gasteiger partial charge in [0.15, 0.2) is 11.6 Å². The highest BCUT2D eigenvalue weighted by Gasteiger charge is 2.16. The van der Waals surface area contributed by atoms with E-state index < -0.39 is 5.82 Å². The number of nitrogens with one attached hydrogen (secondary N) is 1. The van der Waals surface area contributed by atoms with Crippen LogP contribution in [0.1, 0.15) is 22.8 Å². The number of nitrogens with zero attached hydrogens (tertiary/aromatic N) is 1. The van der Waals surface area contributed by atoms with Crippen molar-refractivity contribution in [3.8, 4) is 11.5 Å². The number of carbonyl (C=O) groups is 1. The largest absolute Gasteiger partial charge is 0.494 e. The van der Waals surface area contributed by atoms with Gasteiger partial charge in [0, 0.05) is 30.1 Å². The van der Waals surface area contributed by atoms with Crippen molar-refractivity contribution in [2.75, 3.05) is 19.5 Å². The van der Waals surface area contributed by atoms with Crippen LogP contribution in [-0.2, 0) is 6.42 Å². The van der Waals surface area contributed by atoms with E-state index in [0.29, 0.717) is 17.7 Å². The van der Waals surface area contributed by atoms with Gasteiger partial charge in [-0.2, -0.15) is 0 Å². The molecule has 0 aliphatic rings. The fraction of sp³-hybridized carbons (Fsp3) is 0.250. The Hall–Kier alpha value is -2.63. The zero-order chi connectivity index (χ0) is 16.1. The first-order chi connectivity index (χ1) is 10.6. The summed E-state index contributed by atoms with van der Waals surface area (Å²) in [6.07, 6.45) is 3.85.